The minimum Gasteiger partial charge on any atom is -0.481 e. The molecular formula is C27H58N2O2. The second kappa shape index (κ2) is 29.4. The van der Waals surface area contributed by atoms with E-state index in [-0.39, 0.29) is 0 Å². The Kier molecular flexibility index (Phi) is 30.9. The summed E-state index contributed by atoms with van der Waals surface area (Å²) in [6.07, 6.45) is 27.2. The fourth-order valence-corrected chi connectivity index (χ4v) is 3.76. The van der Waals surface area contributed by atoms with E-state index in [9.17, 15) is 4.79 Å². The van der Waals surface area contributed by atoms with Crippen LogP contribution in [0.1, 0.15) is 142 Å². The summed E-state index contributed by atoms with van der Waals surface area (Å²) < 4.78 is 0. The van der Waals surface area contributed by atoms with E-state index < -0.39 is 5.97 Å². The van der Waals surface area contributed by atoms with E-state index in [4.69, 9.17) is 10.8 Å². The molecule has 4 nitrogen and oxygen atoms in total. The molecule has 4 heteroatoms. The molecule has 0 spiro atoms. The van der Waals surface area contributed by atoms with E-state index >= 15 is 0 Å². The molecule has 0 saturated carbocycles. The lowest BCUT2D eigenvalue weighted by atomic mass is 10.0. The molecule has 0 aromatic heterocycles. The van der Waals surface area contributed by atoms with E-state index in [1.165, 1.54) is 109 Å². The van der Waals surface area contributed by atoms with Gasteiger partial charge in [-0.1, -0.05) is 122 Å². The van der Waals surface area contributed by atoms with Crippen molar-refractivity contribution in [3.05, 3.63) is 0 Å². The predicted octanol–water partition coefficient (Wildman–Crippen LogP) is 7.79. The van der Waals surface area contributed by atoms with E-state index in [1.54, 1.807) is 0 Å². The van der Waals surface area contributed by atoms with Crippen molar-refractivity contribution in [3.63, 3.8) is 0 Å². The Morgan fingerprint density at radius 1 is 0.613 bits per heavy atom. The summed E-state index contributed by atoms with van der Waals surface area (Å²) in [6.45, 7) is 4.19. The van der Waals surface area contributed by atoms with E-state index in [1.807, 2.05) is 0 Å². The van der Waals surface area contributed by atoms with Gasteiger partial charge in [0, 0.05) is 6.42 Å². The summed E-state index contributed by atoms with van der Waals surface area (Å²) in [5.41, 5.74) is 5.25. The highest BCUT2D eigenvalue weighted by atomic mass is 16.4. The number of hydrogen-bond donors (Lipinski definition) is 2. The number of aliphatic carboxylic acids is 1. The zero-order chi connectivity index (χ0) is 23.4. The van der Waals surface area contributed by atoms with Crippen molar-refractivity contribution in [1.82, 2.24) is 4.90 Å². The fourth-order valence-electron chi connectivity index (χ4n) is 3.76. The molecule has 0 rings (SSSR count). The molecule has 0 atom stereocenters. The minimum absolute atomic E-state index is 0.346. The van der Waals surface area contributed by atoms with Crippen LogP contribution in [0, 0.1) is 0 Å². The molecule has 0 aliphatic rings. The summed E-state index contributed by atoms with van der Waals surface area (Å²) in [6, 6.07) is 0. The third-order valence-corrected chi connectivity index (χ3v) is 5.80. The lowest BCUT2D eigenvalue weighted by molar-refractivity contribution is -0.137. The van der Waals surface area contributed by atoms with Crippen molar-refractivity contribution < 1.29 is 9.90 Å². The van der Waals surface area contributed by atoms with Crippen LogP contribution in [0.15, 0.2) is 0 Å². The van der Waals surface area contributed by atoms with Gasteiger partial charge in [-0.2, -0.15) is 0 Å². The predicted molar refractivity (Wildman–Crippen MR) is 138 cm³/mol. The van der Waals surface area contributed by atoms with Gasteiger partial charge in [0.25, 0.3) is 0 Å². The molecule has 0 unspecified atom stereocenters. The number of rotatable bonds is 23. The molecule has 3 N–H and O–H groups in total. The number of carboxylic acid groups (broad SMARTS) is 1. The standard InChI is InChI=1S/C22H44O2.C5H14N2/c1-2-3-4-5-6-7-8-9-10-11-12-13-14-15-16-17-18-19-20-21-22(23)24;1-7(2)5-3-4-6/h2-21H2,1H3,(H,23,24);3-6H2,1-2H3. The van der Waals surface area contributed by atoms with Crippen LogP contribution in [0.25, 0.3) is 0 Å². The lowest BCUT2D eigenvalue weighted by Gasteiger charge is -2.05. The molecule has 188 valence electrons. The van der Waals surface area contributed by atoms with E-state index in [0.717, 1.165) is 32.4 Å². The molecule has 0 aromatic rings. The van der Waals surface area contributed by atoms with Gasteiger partial charge >= 0.3 is 5.97 Å². The van der Waals surface area contributed by atoms with Gasteiger partial charge in [-0.3, -0.25) is 4.79 Å². The normalized spacial score (nSPS) is 10.9. The Balaban J connectivity index is 0. The average molecular weight is 443 g/mol. The average Bonchev–Trinajstić information content (AvgIpc) is 2.74. The quantitative estimate of drug-likeness (QED) is 0.158. The van der Waals surface area contributed by atoms with Crippen LogP contribution in [0.4, 0.5) is 0 Å². The third-order valence-electron chi connectivity index (χ3n) is 5.80. The Hall–Kier alpha value is -0.610. The highest BCUT2D eigenvalue weighted by Gasteiger charge is 1.97. The molecule has 0 aliphatic carbocycles. The van der Waals surface area contributed by atoms with Gasteiger partial charge in [-0.25, -0.2) is 0 Å². The molecule has 0 bridgehead atoms. The maximum atomic E-state index is 10.4. The largest absolute Gasteiger partial charge is 0.481 e. The second-order valence-corrected chi connectivity index (χ2v) is 9.45. The maximum Gasteiger partial charge on any atom is 0.303 e. The number of carbonyl (C=O) groups is 1. The highest BCUT2D eigenvalue weighted by molar-refractivity contribution is 5.66. The summed E-state index contributed by atoms with van der Waals surface area (Å²) in [5, 5.41) is 8.56. The first-order valence-corrected chi connectivity index (χ1v) is 13.6. The number of nitrogens with zero attached hydrogens (tertiary/aromatic N) is 1. The van der Waals surface area contributed by atoms with Gasteiger partial charge in [0.2, 0.25) is 0 Å². The molecule has 0 saturated heterocycles. The Morgan fingerprint density at radius 3 is 1.16 bits per heavy atom. The number of carboxylic acids is 1. The minimum atomic E-state index is -0.651. The summed E-state index contributed by atoms with van der Waals surface area (Å²) in [5.74, 6) is -0.651. The van der Waals surface area contributed by atoms with Crippen LogP contribution >= 0.6 is 0 Å². The molecule has 0 aliphatic heterocycles. The first-order chi connectivity index (χ1) is 15.0. The van der Waals surface area contributed by atoms with Crippen LogP contribution in [0.3, 0.4) is 0 Å². The van der Waals surface area contributed by atoms with Crippen LogP contribution in [-0.4, -0.2) is 43.2 Å². The summed E-state index contributed by atoms with van der Waals surface area (Å²) >= 11 is 0. The topological polar surface area (TPSA) is 66.6 Å². The van der Waals surface area contributed by atoms with E-state index in [0.29, 0.717) is 6.42 Å². The van der Waals surface area contributed by atoms with Crippen molar-refractivity contribution in [2.24, 2.45) is 5.73 Å². The third kappa shape index (κ3) is 37.1. The molecule has 0 radical (unpaired) electrons. The molecule has 0 fully saturated rings. The van der Waals surface area contributed by atoms with Gasteiger partial charge in [0.05, 0.1) is 0 Å². The highest BCUT2D eigenvalue weighted by Crippen LogP contribution is 2.14. The molecule has 0 amide bonds. The van der Waals surface area contributed by atoms with Gasteiger partial charge < -0.3 is 15.7 Å². The molecule has 0 heterocycles. The second-order valence-electron chi connectivity index (χ2n) is 9.45. The first-order valence-electron chi connectivity index (χ1n) is 13.6. The van der Waals surface area contributed by atoms with Crippen LogP contribution in [-0.2, 0) is 4.79 Å². The smallest absolute Gasteiger partial charge is 0.303 e. The Bertz CT molecular complexity index is 335. The van der Waals surface area contributed by atoms with Crippen molar-refractivity contribution in [2.45, 2.75) is 142 Å². The molecule has 31 heavy (non-hydrogen) atoms. The zero-order valence-electron chi connectivity index (χ0n) is 21.6. The summed E-state index contributed by atoms with van der Waals surface area (Å²) in [4.78, 5) is 12.5. The Morgan fingerprint density at radius 2 is 0.935 bits per heavy atom. The van der Waals surface area contributed by atoms with E-state index in [2.05, 4.69) is 25.9 Å². The van der Waals surface area contributed by atoms with Crippen LogP contribution in [0.2, 0.25) is 0 Å². The summed E-state index contributed by atoms with van der Waals surface area (Å²) in [7, 11) is 4.10. The Labute approximate surface area is 195 Å². The fraction of sp³-hybridized carbons (Fsp3) is 0.963. The van der Waals surface area contributed by atoms with Crippen molar-refractivity contribution in [3.8, 4) is 0 Å². The number of hydrogen-bond acceptors (Lipinski definition) is 3. The SMILES string of the molecule is CCCCCCCCCCCCCCCCCCCCCC(=O)O.CN(C)CCCN. The molecular weight excluding hydrogens is 384 g/mol. The van der Waals surface area contributed by atoms with Crippen molar-refractivity contribution in [1.29, 1.82) is 0 Å². The van der Waals surface area contributed by atoms with Crippen LogP contribution < -0.4 is 5.73 Å². The molecule has 0 aromatic carbocycles. The number of nitrogens with two attached hydrogens (primary N) is 1. The van der Waals surface area contributed by atoms with Crippen molar-refractivity contribution >= 4 is 5.97 Å². The number of unbranched alkanes of at least 4 members (excludes halogenated alkanes) is 18. The first kappa shape index (κ1) is 32.6. The zero-order valence-corrected chi connectivity index (χ0v) is 21.6. The van der Waals surface area contributed by atoms with Crippen LogP contribution in [0.5, 0.6) is 0 Å². The van der Waals surface area contributed by atoms with Gasteiger partial charge in [-0.05, 0) is 40.0 Å². The lowest BCUT2D eigenvalue weighted by Crippen LogP contribution is -2.16. The monoisotopic (exact) mass is 442 g/mol. The van der Waals surface area contributed by atoms with Gasteiger partial charge in [-0.15, -0.1) is 0 Å². The van der Waals surface area contributed by atoms with Gasteiger partial charge in [0.15, 0.2) is 0 Å². The van der Waals surface area contributed by atoms with Crippen molar-refractivity contribution in [2.75, 3.05) is 27.2 Å². The maximum absolute atomic E-state index is 10.4. The van der Waals surface area contributed by atoms with Gasteiger partial charge in [0.1, 0.15) is 0 Å².